The van der Waals surface area contributed by atoms with Gasteiger partial charge in [-0.25, -0.2) is 8.78 Å². The number of nitrogens with two attached hydrogens (primary N) is 1. The van der Waals surface area contributed by atoms with Gasteiger partial charge in [0.15, 0.2) is 0 Å². The number of anilines is 1. The summed E-state index contributed by atoms with van der Waals surface area (Å²) in [5, 5.41) is 0. The zero-order valence-electron chi connectivity index (χ0n) is 21.7. The summed E-state index contributed by atoms with van der Waals surface area (Å²) >= 11 is 0. The molecule has 2 aliphatic rings. The highest BCUT2D eigenvalue weighted by atomic mass is 19.1. The Labute approximate surface area is 214 Å². The minimum absolute atomic E-state index is 0.289. The first-order chi connectivity index (χ1) is 17.3. The number of benzene rings is 2. The lowest BCUT2D eigenvalue weighted by atomic mass is 9.98. The van der Waals surface area contributed by atoms with Crippen molar-refractivity contribution in [2.24, 2.45) is 11.7 Å². The molecule has 4 rings (SSSR count). The van der Waals surface area contributed by atoms with Crippen LogP contribution in [0.25, 0.3) is 0 Å². The predicted molar refractivity (Wildman–Crippen MR) is 140 cm³/mol. The number of ether oxygens (including phenoxy) is 2. The number of hydrogen-bond donors (Lipinski definition) is 1. The number of methoxy groups -OCH3 is 1. The minimum atomic E-state index is -0.411. The second-order valence-electron chi connectivity index (χ2n) is 9.46. The van der Waals surface area contributed by atoms with Gasteiger partial charge in [0.2, 0.25) is 6.41 Å². The zero-order valence-corrected chi connectivity index (χ0v) is 21.7. The quantitative estimate of drug-likeness (QED) is 0.568. The van der Waals surface area contributed by atoms with Crippen LogP contribution in [0.5, 0.6) is 5.75 Å². The summed E-state index contributed by atoms with van der Waals surface area (Å²) < 4.78 is 34.5. The molecule has 6 nitrogen and oxygen atoms in total. The largest absolute Gasteiger partial charge is 0.493 e. The van der Waals surface area contributed by atoms with Crippen molar-refractivity contribution in [2.75, 3.05) is 44.8 Å². The summed E-state index contributed by atoms with van der Waals surface area (Å²) in [5.41, 5.74) is 7.28. The van der Waals surface area contributed by atoms with Gasteiger partial charge in [-0.2, -0.15) is 0 Å². The van der Waals surface area contributed by atoms with Crippen LogP contribution >= 0.6 is 0 Å². The van der Waals surface area contributed by atoms with Crippen molar-refractivity contribution in [1.29, 1.82) is 0 Å². The molecule has 0 spiro atoms. The number of piperidine rings is 2. The van der Waals surface area contributed by atoms with E-state index in [-0.39, 0.29) is 6.04 Å². The molecule has 0 aromatic heterocycles. The van der Waals surface area contributed by atoms with Crippen LogP contribution in [0, 0.1) is 17.6 Å². The van der Waals surface area contributed by atoms with Gasteiger partial charge in [0.25, 0.3) is 0 Å². The first-order valence-electron chi connectivity index (χ1n) is 12.7. The van der Waals surface area contributed by atoms with E-state index in [1.165, 1.54) is 12.1 Å². The molecule has 8 heteroatoms. The predicted octanol–water partition coefficient (Wildman–Crippen LogP) is 4.87. The summed E-state index contributed by atoms with van der Waals surface area (Å²) in [6.07, 6.45) is 5.68. The number of amides is 1. The standard InChI is InChI=1S/C18H27N3O2.C6H4F2.C4H10O/c19-16-2-1-9-21(12-16)17-3-5-18(6-4-17)23-13-15-7-10-20(14-22)11-8-15;7-5-1-2-6(8)4-3-5;1-4(2)5-3/h3-6,14-16H,1-2,7-13,19H2;1-4H;4H,1-3H3. The molecular formula is C28H41F2N3O3. The molecule has 2 heterocycles. The van der Waals surface area contributed by atoms with Gasteiger partial charge in [-0.1, -0.05) is 0 Å². The third-order valence-corrected chi connectivity index (χ3v) is 6.22. The van der Waals surface area contributed by atoms with Crippen molar-refractivity contribution in [3.63, 3.8) is 0 Å². The number of carbonyl (C=O) groups excluding carboxylic acids is 1. The maximum Gasteiger partial charge on any atom is 0.209 e. The van der Waals surface area contributed by atoms with Crippen LogP contribution in [0.1, 0.15) is 39.5 Å². The number of halogens is 2. The molecule has 0 radical (unpaired) electrons. The van der Waals surface area contributed by atoms with E-state index in [2.05, 4.69) is 29.2 Å². The molecule has 200 valence electrons. The maximum atomic E-state index is 11.9. The number of nitrogens with zero attached hydrogens (tertiary/aromatic N) is 2. The van der Waals surface area contributed by atoms with Crippen molar-refractivity contribution in [3.05, 3.63) is 60.2 Å². The fourth-order valence-corrected chi connectivity index (χ4v) is 3.87. The Bertz CT molecular complexity index is 836. The van der Waals surface area contributed by atoms with Gasteiger partial charge in [-0.05, 0) is 94.0 Å². The van der Waals surface area contributed by atoms with Crippen molar-refractivity contribution >= 4 is 12.1 Å². The normalized spacial score (nSPS) is 18.0. The summed E-state index contributed by atoms with van der Waals surface area (Å²) in [7, 11) is 1.70. The molecule has 2 fully saturated rings. The molecule has 0 saturated carbocycles. The van der Waals surface area contributed by atoms with Crippen LogP contribution in [0.4, 0.5) is 14.5 Å². The fourth-order valence-electron chi connectivity index (χ4n) is 3.87. The average Bonchev–Trinajstić information content (AvgIpc) is 2.90. The molecule has 1 amide bonds. The molecule has 0 aliphatic carbocycles. The van der Waals surface area contributed by atoms with Crippen molar-refractivity contribution in [3.8, 4) is 5.75 Å². The van der Waals surface area contributed by atoms with Gasteiger partial charge >= 0.3 is 0 Å². The molecule has 2 aliphatic heterocycles. The maximum absolute atomic E-state index is 11.9. The van der Waals surface area contributed by atoms with Crippen molar-refractivity contribution in [2.45, 2.75) is 51.7 Å². The van der Waals surface area contributed by atoms with Crippen LogP contribution < -0.4 is 15.4 Å². The van der Waals surface area contributed by atoms with Gasteiger partial charge in [0.1, 0.15) is 17.4 Å². The lowest BCUT2D eigenvalue weighted by molar-refractivity contribution is -0.119. The summed E-state index contributed by atoms with van der Waals surface area (Å²) in [5.74, 6) is 0.650. The average molecular weight is 506 g/mol. The van der Waals surface area contributed by atoms with Gasteiger partial charge in [0, 0.05) is 45.0 Å². The van der Waals surface area contributed by atoms with Crippen molar-refractivity contribution in [1.82, 2.24) is 4.90 Å². The van der Waals surface area contributed by atoms with E-state index >= 15 is 0 Å². The second-order valence-corrected chi connectivity index (χ2v) is 9.46. The Kier molecular flexibility index (Phi) is 13.2. The van der Waals surface area contributed by atoms with E-state index < -0.39 is 11.6 Å². The third kappa shape index (κ3) is 11.4. The number of rotatable bonds is 6. The number of carbonyl (C=O) groups is 1. The van der Waals surface area contributed by atoms with Crippen LogP contribution in [-0.2, 0) is 9.53 Å². The highest BCUT2D eigenvalue weighted by Crippen LogP contribution is 2.24. The van der Waals surface area contributed by atoms with Crippen LogP contribution in [-0.4, -0.2) is 63.4 Å². The van der Waals surface area contributed by atoms with E-state index in [0.717, 1.165) is 88.5 Å². The summed E-state index contributed by atoms with van der Waals surface area (Å²) in [4.78, 5) is 14.9. The van der Waals surface area contributed by atoms with E-state index in [9.17, 15) is 13.6 Å². The van der Waals surface area contributed by atoms with Gasteiger partial charge in [0.05, 0.1) is 12.7 Å². The van der Waals surface area contributed by atoms with Crippen molar-refractivity contribution < 1.29 is 23.0 Å². The smallest absolute Gasteiger partial charge is 0.209 e. The van der Waals surface area contributed by atoms with Crippen LogP contribution in [0.3, 0.4) is 0 Å². The Morgan fingerprint density at radius 2 is 1.53 bits per heavy atom. The number of likely N-dealkylation sites (tertiary alicyclic amines) is 1. The highest BCUT2D eigenvalue weighted by molar-refractivity contribution is 5.49. The molecule has 2 aromatic rings. The van der Waals surface area contributed by atoms with E-state index in [1.54, 1.807) is 7.11 Å². The van der Waals surface area contributed by atoms with Crippen LogP contribution in [0.15, 0.2) is 48.5 Å². The fraction of sp³-hybridized carbons (Fsp3) is 0.536. The number of hydrogen-bond acceptors (Lipinski definition) is 5. The van der Waals surface area contributed by atoms with E-state index in [4.69, 9.17) is 15.2 Å². The monoisotopic (exact) mass is 505 g/mol. The third-order valence-electron chi connectivity index (χ3n) is 6.22. The van der Waals surface area contributed by atoms with Gasteiger partial charge < -0.3 is 25.0 Å². The van der Waals surface area contributed by atoms with Crippen LogP contribution in [0.2, 0.25) is 0 Å². The Morgan fingerprint density at radius 3 is 2.00 bits per heavy atom. The Balaban J connectivity index is 0.000000288. The molecule has 2 N–H and O–H groups in total. The Morgan fingerprint density at radius 1 is 0.972 bits per heavy atom. The zero-order chi connectivity index (χ0) is 26.3. The second kappa shape index (κ2) is 16.1. The lowest BCUT2D eigenvalue weighted by Crippen LogP contribution is -2.42. The molecule has 2 saturated heterocycles. The molecular weight excluding hydrogens is 464 g/mol. The van der Waals surface area contributed by atoms with Gasteiger partial charge in [-0.15, -0.1) is 0 Å². The summed E-state index contributed by atoms with van der Waals surface area (Å²) in [6.45, 7) is 8.47. The molecule has 2 aromatic carbocycles. The first-order valence-corrected chi connectivity index (χ1v) is 12.7. The highest BCUT2D eigenvalue weighted by Gasteiger charge is 2.19. The molecule has 1 unspecified atom stereocenters. The van der Waals surface area contributed by atoms with Gasteiger partial charge in [-0.3, -0.25) is 4.79 Å². The van der Waals surface area contributed by atoms with E-state index in [1.807, 2.05) is 18.7 Å². The summed E-state index contributed by atoms with van der Waals surface area (Å²) in [6, 6.07) is 13.0. The molecule has 36 heavy (non-hydrogen) atoms. The minimum Gasteiger partial charge on any atom is -0.493 e. The van der Waals surface area contributed by atoms with E-state index in [0.29, 0.717) is 12.0 Å². The topological polar surface area (TPSA) is 68.0 Å². The Hall–Kier alpha value is -2.71. The lowest BCUT2D eigenvalue weighted by Gasteiger charge is -2.32. The first kappa shape index (κ1) is 29.5. The SMILES string of the molecule is COC(C)C.Fc1ccc(F)cc1.NC1CCCN(c2ccc(OCC3CCN(C=O)CC3)cc2)C1. The molecule has 1 atom stereocenters. The molecule has 0 bridgehead atoms.